The molecule has 142 valence electrons. The van der Waals surface area contributed by atoms with Gasteiger partial charge in [0.25, 0.3) is 0 Å². The first-order valence-corrected chi connectivity index (χ1v) is 10.1. The quantitative estimate of drug-likeness (QED) is 0.611. The standard InChI is InChI=1S/C19H14Cl2N4O2S/c1-27-11-3-5-15-9(6-11)7-13-17(22-15)28-19-23-16(24-25(19)18(13)26)12-4-2-10(20)8-14(12)21/h2-8,17-18,22,26H,1H3. The van der Waals surface area contributed by atoms with E-state index < -0.39 is 6.23 Å². The number of aliphatic hydroxyl groups excluding tert-OH is 1. The summed E-state index contributed by atoms with van der Waals surface area (Å²) in [7, 11) is 1.63. The molecule has 2 N–H and O–H groups in total. The summed E-state index contributed by atoms with van der Waals surface area (Å²) in [5.41, 5.74) is 3.40. The van der Waals surface area contributed by atoms with Crippen LogP contribution < -0.4 is 10.1 Å². The molecular formula is C19H14Cl2N4O2S. The molecule has 28 heavy (non-hydrogen) atoms. The Kier molecular flexibility index (Phi) is 4.28. The number of methoxy groups -OCH3 is 1. The molecule has 9 heteroatoms. The highest BCUT2D eigenvalue weighted by Gasteiger charge is 2.36. The summed E-state index contributed by atoms with van der Waals surface area (Å²) in [6.07, 6.45) is 1.04. The lowest BCUT2D eigenvalue weighted by Crippen LogP contribution is -2.32. The van der Waals surface area contributed by atoms with Crippen LogP contribution in [0.3, 0.4) is 0 Å². The van der Waals surface area contributed by atoms with Gasteiger partial charge < -0.3 is 15.2 Å². The SMILES string of the molecule is COc1ccc2c(c1)C=C1C(N2)Sc2nc(-c3ccc(Cl)cc3Cl)nn2C1O. The van der Waals surface area contributed by atoms with Crippen molar-refractivity contribution in [1.82, 2.24) is 14.8 Å². The van der Waals surface area contributed by atoms with Gasteiger partial charge in [0, 0.05) is 27.4 Å². The molecule has 0 fully saturated rings. The predicted octanol–water partition coefficient (Wildman–Crippen LogP) is 4.69. The Morgan fingerprint density at radius 3 is 2.86 bits per heavy atom. The maximum Gasteiger partial charge on any atom is 0.191 e. The maximum atomic E-state index is 10.9. The Hall–Kier alpha value is -2.19. The van der Waals surface area contributed by atoms with Gasteiger partial charge >= 0.3 is 0 Å². The van der Waals surface area contributed by atoms with E-state index in [1.165, 1.54) is 16.4 Å². The van der Waals surface area contributed by atoms with Crippen molar-refractivity contribution < 1.29 is 9.84 Å². The largest absolute Gasteiger partial charge is 0.497 e. The predicted molar refractivity (Wildman–Crippen MR) is 111 cm³/mol. The van der Waals surface area contributed by atoms with Crippen molar-refractivity contribution in [1.29, 1.82) is 0 Å². The summed E-state index contributed by atoms with van der Waals surface area (Å²) < 4.78 is 6.81. The molecule has 2 atom stereocenters. The number of benzene rings is 2. The highest BCUT2D eigenvalue weighted by Crippen LogP contribution is 2.44. The second-order valence-corrected chi connectivity index (χ2v) is 8.32. The Labute approximate surface area is 175 Å². The van der Waals surface area contributed by atoms with E-state index in [1.807, 2.05) is 24.3 Å². The van der Waals surface area contributed by atoms with Crippen LogP contribution in [0.5, 0.6) is 5.75 Å². The first-order valence-electron chi connectivity index (χ1n) is 8.46. The number of ether oxygens (including phenoxy) is 1. The molecule has 2 aromatic carbocycles. The van der Waals surface area contributed by atoms with Crippen molar-refractivity contribution in [2.45, 2.75) is 16.8 Å². The van der Waals surface area contributed by atoms with Gasteiger partial charge in [0.05, 0.1) is 12.1 Å². The minimum absolute atomic E-state index is 0.138. The van der Waals surface area contributed by atoms with Gasteiger partial charge in [0.2, 0.25) is 0 Å². The molecule has 2 aliphatic heterocycles. The number of nitrogens with one attached hydrogen (secondary N) is 1. The fourth-order valence-electron chi connectivity index (χ4n) is 3.29. The second-order valence-electron chi connectivity index (χ2n) is 6.40. The average molecular weight is 433 g/mol. The minimum atomic E-state index is -0.930. The molecule has 0 saturated carbocycles. The average Bonchev–Trinajstić information content (AvgIpc) is 3.10. The molecule has 3 aromatic rings. The van der Waals surface area contributed by atoms with Crippen LogP contribution in [-0.2, 0) is 0 Å². The molecule has 0 amide bonds. The van der Waals surface area contributed by atoms with Gasteiger partial charge in [0.1, 0.15) is 11.1 Å². The molecule has 0 radical (unpaired) electrons. The van der Waals surface area contributed by atoms with E-state index in [0.29, 0.717) is 26.6 Å². The lowest BCUT2D eigenvalue weighted by Gasteiger charge is -2.33. The Morgan fingerprint density at radius 1 is 1.21 bits per heavy atom. The summed E-state index contributed by atoms with van der Waals surface area (Å²) in [4.78, 5) is 4.58. The Balaban J connectivity index is 1.55. The number of rotatable bonds is 2. The second kappa shape index (κ2) is 6.70. The van der Waals surface area contributed by atoms with E-state index in [9.17, 15) is 5.11 Å². The Morgan fingerprint density at radius 2 is 2.07 bits per heavy atom. The summed E-state index contributed by atoms with van der Waals surface area (Å²) in [5, 5.41) is 20.3. The maximum absolute atomic E-state index is 10.9. The number of halogens is 2. The number of hydrogen-bond donors (Lipinski definition) is 2. The van der Waals surface area contributed by atoms with E-state index in [1.54, 1.807) is 25.3 Å². The van der Waals surface area contributed by atoms with Gasteiger partial charge in [-0.05, 0) is 42.5 Å². The van der Waals surface area contributed by atoms with Crippen LogP contribution in [0, 0.1) is 0 Å². The van der Waals surface area contributed by atoms with E-state index in [-0.39, 0.29) is 5.37 Å². The van der Waals surface area contributed by atoms with Crippen LogP contribution in [0.15, 0.2) is 47.1 Å². The van der Waals surface area contributed by atoms with Crippen LogP contribution in [0.2, 0.25) is 10.0 Å². The van der Waals surface area contributed by atoms with Gasteiger partial charge in [-0.15, -0.1) is 5.10 Å². The van der Waals surface area contributed by atoms with Crippen molar-refractivity contribution in [2.75, 3.05) is 12.4 Å². The molecule has 1 aromatic heterocycles. The third-order valence-electron chi connectivity index (χ3n) is 4.70. The lowest BCUT2D eigenvalue weighted by molar-refractivity contribution is 0.113. The molecule has 0 bridgehead atoms. The number of thioether (sulfide) groups is 1. The molecule has 6 nitrogen and oxygen atoms in total. The molecular weight excluding hydrogens is 419 g/mol. The van der Waals surface area contributed by atoms with Crippen LogP contribution in [0.1, 0.15) is 11.8 Å². The van der Waals surface area contributed by atoms with Crippen LogP contribution in [-0.4, -0.2) is 32.4 Å². The van der Waals surface area contributed by atoms with Gasteiger partial charge in [-0.25, -0.2) is 9.67 Å². The normalized spacial score (nSPS) is 19.8. The Bertz CT molecular complexity index is 1130. The monoisotopic (exact) mass is 432 g/mol. The van der Waals surface area contributed by atoms with Crippen LogP contribution >= 0.6 is 35.0 Å². The summed E-state index contributed by atoms with van der Waals surface area (Å²) in [6.45, 7) is 0. The highest BCUT2D eigenvalue weighted by atomic mass is 35.5. The number of hydrogen-bond acceptors (Lipinski definition) is 6. The van der Waals surface area contributed by atoms with Crippen LogP contribution in [0.25, 0.3) is 17.5 Å². The summed E-state index contributed by atoms with van der Waals surface area (Å²) in [5.74, 6) is 1.21. The molecule has 0 saturated heterocycles. The molecule has 2 unspecified atom stereocenters. The van der Waals surface area contributed by atoms with Gasteiger partial charge in [0.15, 0.2) is 17.2 Å². The van der Waals surface area contributed by atoms with Crippen LogP contribution in [0.4, 0.5) is 5.69 Å². The molecule has 3 heterocycles. The fraction of sp³-hybridized carbons (Fsp3) is 0.158. The lowest BCUT2D eigenvalue weighted by atomic mass is 10.0. The van der Waals surface area contributed by atoms with E-state index in [2.05, 4.69) is 15.4 Å². The summed E-state index contributed by atoms with van der Waals surface area (Å²) >= 11 is 13.8. The fourth-order valence-corrected chi connectivity index (χ4v) is 4.89. The third-order valence-corrected chi connectivity index (χ3v) is 6.36. The molecule has 0 aliphatic carbocycles. The molecule has 2 aliphatic rings. The van der Waals surface area contributed by atoms with E-state index in [0.717, 1.165) is 22.6 Å². The third kappa shape index (κ3) is 2.86. The van der Waals surface area contributed by atoms with Crippen molar-refractivity contribution in [3.05, 3.63) is 57.6 Å². The zero-order valence-electron chi connectivity index (χ0n) is 14.6. The smallest absolute Gasteiger partial charge is 0.191 e. The van der Waals surface area contributed by atoms with Crippen molar-refractivity contribution >= 4 is 46.7 Å². The first-order chi connectivity index (χ1) is 13.5. The van der Waals surface area contributed by atoms with E-state index >= 15 is 0 Å². The number of anilines is 1. The van der Waals surface area contributed by atoms with Gasteiger partial charge in [-0.2, -0.15) is 0 Å². The topological polar surface area (TPSA) is 72.2 Å². The molecule has 0 spiro atoms. The van der Waals surface area contributed by atoms with E-state index in [4.69, 9.17) is 27.9 Å². The number of fused-ring (bicyclic) bond motifs is 3. The zero-order chi connectivity index (χ0) is 19.4. The highest BCUT2D eigenvalue weighted by molar-refractivity contribution is 8.00. The number of nitrogens with zero attached hydrogens (tertiary/aromatic N) is 3. The minimum Gasteiger partial charge on any atom is -0.497 e. The first kappa shape index (κ1) is 17.9. The van der Waals surface area contributed by atoms with Gasteiger partial charge in [-0.3, -0.25) is 0 Å². The molecule has 5 rings (SSSR count). The number of aromatic nitrogens is 3. The van der Waals surface area contributed by atoms with Gasteiger partial charge in [-0.1, -0.05) is 35.0 Å². The zero-order valence-corrected chi connectivity index (χ0v) is 16.9. The summed E-state index contributed by atoms with van der Waals surface area (Å²) in [6, 6.07) is 11.0. The van der Waals surface area contributed by atoms with Crippen molar-refractivity contribution in [3.8, 4) is 17.1 Å². The van der Waals surface area contributed by atoms with Crippen molar-refractivity contribution in [2.24, 2.45) is 0 Å². The number of aliphatic hydroxyl groups is 1. The van der Waals surface area contributed by atoms with Crippen molar-refractivity contribution in [3.63, 3.8) is 0 Å².